The topological polar surface area (TPSA) is 142 Å². The number of primary amides is 1. The number of nitrogens with zero attached hydrogens (tertiary/aromatic N) is 4. The summed E-state index contributed by atoms with van der Waals surface area (Å²) in [6, 6.07) is 0.0322. The largest absolute Gasteiger partial charge is 0.467 e. The van der Waals surface area contributed by atoms with Gasteiger partial charge in [0.1, 0.15) is 11.8 Å². The fourth-order valence-corrected chi connectivity index (χ4v) is 3.41. The lowest BCUT2D eigenvalue weighted by molar-refractivity contribution is -0.124. The van der Waals surface area contributed by atoms with E-state index in [1.54, 1.807) is 0 Å². The van der Waals surface area contributed by atoms with E-state index >= 15 is 0 Å². The van der Waals surface area contributed by atoms with Gasteiger partial charge in [-0.2, -0.15) is 8.78 Å². The first kappa shape index (κ1) is 23.2. The number of ether oxygens (including phenoxy) is 2. The quantitative estimate of drug-likeness (QED) is 0.624. The van der Waals surface area contributed by atoms with Crippen LogP contribution in [0.5, 0.6) is 6.01 Å². The number of rotatable bonds is 8. The van der Waals surface area contributed by atoms with Crippen molar-refractivity contribution in [3.05, 3.63) is 30.5 Å². The average Bonchev–Trinajstić information content (AvgIpc) is 2.79. The smallest absolute Gasteiger partial charge is 0.404 e. The third-order valence-electron chi connectivity index (χ3n) is 5.12. The van der Waals surface area contributed by atoms with E-state index in [2.05, 4.69) is 25.3 Å². The highest BCUT2D eigenvalue weighted by atomic mass is 19.3. The molecular formula is C20H24F2N6O4. The van der Waals surface area contributed by atoms with Crippen molar-refractivity contribution < 1.29 is 27.8 Å². The molecule has 0 aromatic carbocycles. The zero-order chi connectivity index (χ0) is 23.1. The second-order valence-electron chi connectivity index (χ2n) is 7.43. The van der Waals surface area contributed by atoms with Gasteiger partial charge in [0.05, 0.1) is 25.2 Å². The summed E-state index contributed by atoms with van der Waals surface area (Å²) in [7, 11) is 1.43. The summed E-state index contributed by atoms with van der Waals surface area (Å²) < 4.78 is 38.8. The van der Waals surface area contributed by atoms with E-state index in [-0.39, 0.29) is 24.6 Å². The number of amides is 2. The molecule has 2 aromatic rings. The minimum atomic E-state index is -3.31. The van der Waals surface area contributed by atoms with Crippen molar-refractivity contribution in [3.63, 3.8) is 0 Å². The Labute approximate surface area is 183 Å². The molecule has 1 aliphatic rings. The van der Waals surface area contributed by atoms with Gasteiger partial charge in [-0.25, -0.2) is 14.8 Å². The van der Waals surface area contributed by atoms with Gasteiger partial charge in [-0.3, -0.25) is 14.8 Å². The monoisotopic (exact) mass is 450 g/mol. The molecule has 2 aromatic heterocycles. The van der Waals surface area contributed by atoms with E-state index in [4.69, 9.17) is 15.2 Å². The summed E-state index contributed by atoms with van der Waals surface area (Å²) in [5, 5.41) is 2.75. The Bertz CT molecular complexity index is 919. The molecule has 1 saturated carbocycles. The predicted molar refractivity (Wildman–Crippen MR) is 108 cm³/mol. The number of aromatic nitrogens is 4. The molecule has 32 heavy (non-hydrogen) atoms. The van der Waals surface area contributed by atoms with Gasteiger partial charge >= 0.3 is 12.1 Å². The Hall–Kier alpha value is -3.44. The van der Waals surface area contributed by atoms with Crippen molar-refractivity contribution in [3.8, 4) is 17.3 Å². The molecular weight excluding hydrogens is 426 g/mol. The van der Waals surface area contributed by atoms with Crippen LogP contribution in [0.15, 0.2) is 24.8 Å². The summed E-state index contributed by atoms with van der Waals surface area (Å²) >= 11 is 0. The number of alkyl halides is 2. The molecule has 0 atom stereocenters. The number of hydrogen-bond acceptors (Lipinski definition) is 8. The normalized spacial score (nSPS) is 18.6. The minimum absolute atomic E-state index is 0.144. The van der Waals surface area contributed by atoms with Crippen LogP contribution in [0.1, 0.15) is 44.2 Å². The molecule has 1 aliphatic carbocycles. The number of carbonyl (C=O) groups excluding carboxylic acids is 2. The molecule has 172 valence electrons. The van der Waals surface area contributed by atoms with Gasteiger partial charge in [-0.15, -0.1) is 0 Å². The summed E-state index contributed by atoms with van der Waals surface area (Å²) in [5.74, 6) is -3.78. The molecule has 2 heterocycles. The second-order valence-corrected chi connectivity index (χ2v) is 7.43. The molecule has 3 rings (SSSR count). The zero-order valence-electron chi connectivity index (χ0n) is 17.5. The van der Waals surface area contributed by atoms with Gasteiger partial charge in [0.2, 0.25) is 5.91 Å². The zero-order valence-corrected chi connectivity index (χ0v) is 17.5. The van der Waals surface area contributed by atoms with Crippen LogP contribution in [0, 0.1) is 0 Å². The van der Waals surface area contributed by atoms with Crippen LogP contribution in [0.25, 0.3) is 11.3 Å². The first-order valence-corrected chi connectivity index (χ1v) is 10.1. The Morgan fingerprint density at radius 3 is 2.34 bits per heavy atom. The lowest BCUT2D eigenvalue weighted by atomic mass is 9.93. The lowest BCUT2D eigenvalue weighted by Gasteiger charge is -2.28. The predicted octanol–water partition coefficient (Wildman–Crippen LogP) is 2.34. The van der Waals surface area contributed by atoms with Crippen molar-refractivity contribution in [2.24, 2.45) is 5.73 Å². The summed E-state index contributed by atoms with van der Waals surface area (Å²) in [5.41, 5.74) is 5.31. The number of hydrogen-bond donors (Lipinski definition) is 2. The molecule has 0 unspecified atom stereocenters. The van der Waals surface area contributed by atoms with Gasteiger partial charge in [-0.05, 0) is 25.7 Å². The minimum Gasteiger partial charge on any atom is -0.467 e. The van der Waals surface area contributed by atoms with Crippen molar-refractivity contribution in [2.45, 2.75) is 56.6 Å². The molecule has 0 bridgehead atoms. The molecule has 0 aliphatic heterocycles. The Balaban J connectivity index is 1.49. The van der Waals surface area contributed by atoms with Gasteiger partial charge in [0, 0.05) is 36.8 Å². The molecule has 10 nitrogen and oxygen atoms in total. The van der Waals surface area contributed by atoms with E-state index in [1.165, 1.54) is 25.7 Å². The van der Waals surface area contributed by atoms with E-state index in [0.29, 0.717) is 36.9 Å². The molecule has 3 N–H and O–H groups in total. The molecule has 12 heteroatoms. The van der Waals surface area contributed by atoms with Gasteiger partial charge in [0.15, 0.2) is 0 Å². The highest BCUT2D eigenvalue weighted by Gasteiger charge is 2.34. The highest BCUT2D eigenvalue weighted by Crippen LogP contribution is 2.32. The summed E-state index contributed by atoms with van der Waals surface area (Å²) in [4.78, 5) is 38.6. The SMILES string of the molecule is COc1ncc(-c2cnc(C(F)(F)CCC(=O)NC3CCC(OC(N)=O)CC3)cn2)cn1. The van der Waals surface area contributed by atoms with Crippen molar-refractivity contribution in [2.75, 3.05) is 7.11 Å². The van der Waals surface area contributed by atoms with E-state index in [1.807, 2.05) is 0 Å². The van der Waals surface area contributed by atoms with Crippen LogP contribution in [0.3, 0.4) is 0 Å². The number of carbonyl (C=O) groups is 2. The number of nitrogens with one attached hydrogen (secondary N) is 1. The van der Waals surface area contributed by atoms with Gasteiger partial charge in [0.25, 0.3) is 5.92 Å². The van der Waals surface area contributed by atoms with E-state index in [9.17, 15) is 18.4 Å². The lowest BCUT2D eigenvalue weighted by Crippen LogP contribution is -2.40. The molecule has 2 amide bonds. The van der Waals surface area contributed by atoms with E-state index < -0.39 is 30.0 Å². The maximum atomic E-state index is 14.5. The molecule has 0 radical (unpaired) electrons. The number of nitrogens with two attached hydrogens (primary N) is 1. The van der Waals surface area contributed by atoms with Crippen LogP contribution >= 0.6 is 0 Å². The fourth-order valence-electron chi connectivity index (χ4n) is 3.41. The highest BCUT2D eigenvalue weighted by molar-refractivity contribution is 5.76. The van der Waals surface area contributed by atoms with Crippen LogP contribution in [-0.2, 0) is 15.5 Å². The third kappa shape index (κ3) is 6.28. The summed E-state index contributed by atoms with van der Waals surface area (Å²) in [6.45, 7) is 0. The molecule has 1 fully saturated rings. The molecule has 0 saturated heterocycles. The maximum Gasteiger partial charge on any atom is 0.404 e. The Morgan fingerprint density at radius 2 is 1.78 bits per heavy atom. The average molecular weight is 450 g/mol. The van der Waals surface area contributed by atoms with Crippen molar-refractivity contribution in [1.82, 2.24) is 25.3 Å². The summed E-state index contributed by atoms with van der Waals surface area (Å²) in [6.07, 6.45) is 5.24. The van der Waals surface area contributed by atoms with Crippen LogP contribution < -0.4 is 15.8 Å². The van der Waals surface area contributed by atoms with Crippen LogP contribution in [-0.4, -0.2) is 51.2 Å². The number of methoxy groups -OCH3 is 1. The van der Waals surface area contributed by atoms with Crippen molar-refractivity contribution >= 4 is 12.0 Å². The van der Waals surface area contributed by atoms with Gasteiger partial charge in [-0.1, -0.05) is 0 Å². The van der Waals surface area contributed by atoms with Crippen LogP contribution in [0.4, 0.5) is 13.6 Å². The Kier molecular flexibility index (Phi) is 7.44. The fraction of sp³-hybridized carbons (Fsp3) is 0.500. The van der Waals surface area contributed by atoms with E-state index in [0.717, 1.165) is 6.20 Å². The second kappa shape index (κ2) is 10.2. The third-order valence-corrected chi connectivity index (χ3v) is 5.12. The first-order valence-electron chi connectivity index (χ1n) is 10.1. The Morgan fingerprint density at radius 1 is 1.09 bits per heavy atom. The van der Waals surface area contributed by atoms with Crippen LogP contribution in [0.2, 0.25) is 0 Å². The van der Waals surface area contributed by atoms with Gasteiger partial charge < -0.3 is 20.5 Å². The standard InChI is InChI=1S/C20H24F2N6O4/c1-31-19-26-8-12(9-27-19)15-10-25-16(11-24-15)20(21,22)7-6-17(29)28-13-2-4-14(5-3-13)32-18(23)30/h8-11,13-14H,2-7H2,1H3,(H2,23,30)(H,28,29). The number of halogens is 2. The molecule has 0 spiro atoms. The maximum absolute atomic E-state index is 14.5. The first-order chi connectivity index (χ1) is 15.3. The van der Waals surface area contributed by atoms with Crippen molar-refractivity contribution in [1.29, 1.82) is 0 Å².